The van der Waals surface area contributed by atoms with E-state index in [-0.39, 0.29) is 16.9 Å². The summed E-state index contributed by atoms with van der Waals surface area (Å²) in [5.74, 6) is 0.562. The number of carbonyl (C=O) groups is 2. The minimum atomic E-state index is -0.467. The van der Waals surface area contributed by atoms with Crippen LogP contribution in [0.25, 0.3) is 11.0 Å². The van der Waals surface area contributed by atoms with Gasteiger partial charge in [-0.2, -0.15) is 0 Å². The number of fused-ring (bicyclic) bond motifs is 3. The van der Waals surface area contributed by atoms with Crippen LogP contribution in [0.2, 0.25) is 0 Å². The molecular formula is C36H42N6O3. The lowest BCUT2D eigenvalue weighted by molar-refractivity contribution is 0.0606. The first-order valence-electron chi connectivity index (χ1n) is 16.3. The van der Waals surface area contributed by atoms with Gasteiger partial charge >= 0.3 is 0 Å². The van der Waals surface area contributed by atoms with E-state index in [1.165, 1.54) is 49.2 Å². The average Bonchev–Trinajstić information content (AvgIpc) is 3.54. The van der Waals surface area contributed by atoms with E-state index >= 15 is 0 Å². The van der Waals surface area contributed by atoms with Crippen LogP contribution in [0.4, 0.5) is 0 Å². The molecule has 2 aromatic carbocycles. The maximum atomic E-state index is 13.5. The van der Waals surface area contributed by atoms with E-state index < -0.39 is 12.6 Å². The molecule has 2 atom stereocenters. The number of hydrogen-bond acceptors (Lipinski definition) is 6. The van der Waals surface area contributed by atoms with Crippen molar-refractivity contribution in [1.82, 2.24) is 29.7 Å². The number of pyridine rings is 1. The van der Waals surface area contributed by atoms with Gasteiger partial charge in [-0.1, -0.05) is 42.5 Å². The summed E-state index contributed by atoms with van der Waals surface area (Å²) >= 11 is 0. The number of rotatable bonds is 8. The number of aliphatic hydroxyl groups is 1. The van der Waals surface area contributed by atoms with Crippen LogP contribution >= 0.6 is 0 Å². The van der Waals surface area contributed by atoms with Crippen LogP contribution in [-0.2, 0) is 5.41 Å². The van der Waals surface area contributed by atoms with Crippen LogP contribution in [0, 0.1) is 6.92 Å². The minimum absolute atomic E-state index is 0.00652. The van der Waals surface area contributed by atoms with Crippen molar-refractivity contribution in [3.05, 3.63) is 95.6 Å². The quantitative estimate of drug-likeness (QED) is 0.278. The molecule has 3 aliphatic rings. The Bertz CT molecular complexity index is 1660. The third-order valence-corrected chi connectivity index (χ3v) is 10.7. The van der Waals surface area contributed by atoms with Crippen molar-refractivity contribution < 1.29 is 14.7 Å². The molecule has 3 saturated heterocycles. The number of amides is 2. The lowest BCUT2D eigenvalue weighted by Crippen LogP contribution is -2.49. The standard InChI is InChI=1S/C36H42N6O3/c1-25-39-32-9-5-6-10-33(32)42(25)31-20-29-11-12-30(21-31)41(29)18-15-36(28-7-3-2-4-8-28)13-16-40(17-14-36)35(45)27-19-26(22-37-23-27)34(44)38-24-43/h2-10,19,22-23,29-31,43H,11-18,20-21,24H2,1H3,(H,38,44). The lowest BCUT2D eigenvalue weighted by atomic mass is 9.70. The normalized spacial score (nSPS) is 22.9. The number of nitrogens with one attached hydrogen (secondary N) is 1. The molecule has 2 aromatic heterocycles. The maximum Gasteiger partial charge on any atom is 0.255 e. The number of benzene rings is 2. The van der Waals surface area contributed by atoms with E-state index in [0.29, 0.717) is 36.8 Å². The van der Waals surface area contributed by atoms with Crippen molar-refractivity contribution in [1.29, 1.82) is 0 Å². The first-order chi connectivity index (χ1) is 22.0. The first kappa shape index (κ1) is 29.6. The monoisotopic (exact) mass is 606 g/mol. The number of para-hydroxylation sites is 2. The highest BCUT2D eigenvalue weighted by molar-refractivity contribution is 5.99. The zero-order valence-electron chi connectivity index (χ0n) is 25.9. The molecule has 2 bridgehead atoms. The summed E-state index contributed by atoms with van der Waals surface area (Å²) in [6, 6.07) is 22.6. The Labute approximate surface area is 264 Å². The van der Waals surface area contributed by atoms with Crippen molar-refractivity contribution in [3.63, 3.8) is 0 Å². The van der Waals surface area contributed by atoms with Crippen LogP contribution in [0.5, 0.6) is 0 Å². The van der Waals surface area contributed by atoms with E-state index in [0.717, 1.165) is 37.1 Å². The molecule has 0 saturated carbocycles. The van der Waals surface area contributed by atoms with Gasteiger partial charge < -0.3 is 19.9 Å². The van der Waals surface area contributed by atoms with Gasteiger partial charge in [0.2, 0.25) is 0 Å². The van der Waals surface area contributed by atoms with E-state index in [4.69, 9.17) is 10.1 Å². The summed E-state index contributed by atoms with van der Waals surface area (Å²) < 4.78 is 2.50. The second kappa shape index (κ2) is 12.4. The topological polar surface area (TPSA) is 104 Å². The molecule has 7 rings (SSSR count). The Morgan fingerprint density at radius 1 is 0.933 bits per heavy atom. The zero-order valence-corrected chi connectivity index (χ0v) is 25.9. The highest BCUT2D eigenvalue weighted by Crippen LogP contribution is 2.45. The highest BCUT2D eigenvalue weighted by atomic mass is 16.3. The van der Waals surface area contributed by atoms with Crippen LogP contribution in [0.3, 0.4) is 0 Å². The number of aromatic nitrogens is 3. The van der Waals surface area contributed by atoms with Gasteiger partial charge in [0.25, 0.3) is 11.8 Å². The first-order valence-corrected chi connectivity index (χ1v) is 16.3. The van der Waals surface area contributed by atoms with Crippen LogP contribution in [0.1, 0.15) is 83.1 Å². The van der Waals surface area contributed by atoms with Gasteiger partial charge in [0.05, 0.1) is 22.2 Å². The largest absolute Gasteiger partial charge is 0.376 e. The van der Waals surface area contributed by atoms with Gasteiger partial charge in [0.15, 0.2) is 0 Å². The number of piperidine rings is 2. The maximum absolute atomic E-state index is 13.5. The van der Waals surface area contributed by atoms with Crippen molar-refractivity contribution in [2.45, 2.75) is 75.4 Å². The Balaban J connectivity index is 1.05. The second-order valence-corrected chi connectivity index (χ2v) is 13.1. The molecule has 2 N–H and O–H groups in total. The van der Waals surface area contributed by atoms with Crippen LogP contribution in [-0.4, -0.2) is 79.7 Å². The van der Waals surface area contributed by atoms with Gasteiger partial charge in [-0.25, -0.2) is 4.98 Å². The van der Waals surface area contributed by atoms with E-state index in [9.17, 15) is 9.59 Å². The molecule has 9 heteroatoms. The van der Waals surface area contributed by atoms with E-state index in [1.54, 1.807) is 6.07 Å². The average molecular weight is 607 g/mol. The number of hydrogen-bond donors (Lipinski definition) is 2. The summed E-state index contributed by atoms with van der Waals surface area (Å²) in [4.78, 5) is 39.4. The predicted octanol–water partition coefficient (Wildman–Crippen LogP) is 4.85. The number of nitrogens with zero attached hydrogens (tertiary/aromatic N) is 5. The number of carbonyl (C=O) groups excluding carboxylic acids is 2. The SMILES string of the molecule is Cc1nc2ccccc2n1C1CC2CCC(C1)N2CCC1(c2ccccc2)CCN(C(=O)c2cncc(C(=O)NCO)c2)CC1. The zero-order chi connectivity index (χ0) is 31.0. The van der Waals surface area contributed by atoms with Crippen LogP contribution in [0.15, 0.2) is 73.1 Å². The third-order valence-electron chi connectivity index (χ3n) is 10.7. The molecule has 0 spiro atoms. The fraction of sp³-hybridized carbons (Fsp3) is 0.444. The molecule has 45 heavy (non-hydrogen) atoms. The highest BCUT2D eigenvalue weighted by Gasteiger charge is 2.44. The molecule has 2 amide bonds. The number of aryl methyl sites for hydroxylation is 1. The van der Waals surface area contributed by atoms with Gasteiger partial charge in [0, 0.05) is 43.6 Å². The van der Waals surface area contributed by atoms with Gasteiger partial charge in [0.1, 0.15) is 12.6 Å². The number of imidazole rings is 1. The van der Waals surface area contributed by atoms with Gasteiger partial charge in [-0.3, -0.25) is 19.5 Å². The summed E-state index contributed by atoms with van der Waals surface area (Å²) in [5, 5.41) is 11.4. The summed E-state index contributed by atoms with van der Waals surface area (Å²) in [7, 11) is 0. The summed E-state index contributed by atoms with van der Waals surface area (Å²) in [6.45, 7) is 4.06. The predicted molar refractivity (Wildman–Crippen MR) is 173 cm³/mol. The molecular weight excluding hydrogens is 564 g/mol. The molecule has 4 aromatic rings. The fourth-order valence-electron chi connectivity index (χ4n) is 8.44. The van der Waals surface area contributed by atoms with Crippen molar-refractivity contribution in [2.24, 2.45) is 0 Å². The molecule has 3 fully saturated rings. The van der Waals surface area contributed by atoms with Crippen molar-refractivity contribution >= 4 is 22.8 Å². The Hall–Kier alpha value is -4.08. The Morgan fingerprint density at radius 3 is 2.36 bits per heavy atom. The van der Waals surface area contributed by atoms with Gasteiger partial charge in [-0.05, 0) is 87.6 Å². The third kappa shape index (κ3) is 5.64. The summed E-state index contributed by atoms with van der Waals surface area (Å²) in [6.07, 6.45) is 10.6. The minimum Gasteiger partial charge on any atom is -0.376 e. The fourth-order valence-corrected chi connectivity index (χ4v) is 8.44. The smallest absolute Gasteiger partial charge is 0.255 e. The molecule has 0 radical (unpaired) electrons. The molecule has 9 nitrogen and oxygen atoms in total. The van der Waals surface area contributed by atoms with E-state index in [2.05, 4.69) is 81.3 Å². The Kier molecular flexibility index (Phi) is 8.14. The summed E-state index contributed by atoms with van der Waals surface area (Å²) in [5.41, 5.74) is 4.38. The second-order valence-electron chi connectivity index (χ2n) is 13.1. The molecule has 234 valence electrons. The van der Waals surface area contributed by atoms with Crippen molar-refractivity contribution in [3.8, 4) is 0 Å². The van der Waals surface area contributed by atoms with Crippen molar-refractivity contribution in [2.75, 3.05) is 26.4 Å². The van der Waals surface area contributed by atoms with E-state index in [1.807, 2.05) is 4.90 Å². The lowest BCUT2D eigenvalue weighted by Gasteiger charge is -2.45. The number of likely N-dealkylation sites (tertiary alicyclic amines) is 1. The van der Waals surface area contributed by atoms with Gasteiger partial charge in [-0.15, -0.1) is 0 Å². The molecule has 0 aliphatic carbocycles. The van der Waals surface area contributed by atoms with Crippen LogP contribution < -0.4 is 5.32 Å². The Morgan fingerprint density at radius 2 is 1.62 bits per heavy atom. The number of aliphatic hydroxyl groups excluding tert-OH is 1. The molecule has 5 heterocycles. The molecule has 3 aliphatic heterocycles. The molecule has 2 unspecified atom stereocenters.